The van der Waals surface area contributed by atoms with Gasteiger partial charge in [0.25, 0.3) is 0 Å². The van der Waals surface area contributed by atoms with E-state index in [9.17, 15) is 0 Å². The van der Waals surface area contributed by atoms with Crippen molar-refractivity contribution in [1.82, 2.24) is 0 Å². The summed E-state index contributed by atoms with van der Waals surface area (Å²) in [7, 11) is 0.498. The van der Waals surface area contributed by atoms with E-state index in [4.69, 9.17) is 12.3 Å². The van der Waals surface area contributed by atoms with Gasteiger partial charge in [-0.3, -0.25) is 0 Å². The van der Waals surface area contributed by atoms with Crippen molar-refractivity contribution in [3.63, 3.8) is 0 Å². The zero-order chi connectivity index (χ0) is 11.9. The quantitative estimate of drug-likeness (QED) is 0.615. The lowest BCUT2D eigenvalue weighted by molar-refractivity contribution is 0.375. The van der Waals surface area contributed by atoms with E-state index in [0.29, 0.717) is 0 Å². The Hall–Kier alpha value is -0.292. The molecule has 0 bridgehead atoms. The van der Waals surface area contributed by atoms with Gasteiger partial charge in [0.05, 0.1) is 0 Å². The molecule has 0 spiro atoms. The third kappa shape index (κ3) is 3.34. The van der Waals surface area contributed by atoms with Crippen molar-refractivity contribution in [2.75, 3.05) is 0 Å². The largest absolute Gasteiger partial charge is 0.431 e. The molecule has 7 heteroatoms. The van der Waals surface area contributed by atoms with Crippen molar-refractivity contribution in [3.05, 3.63) is 49.1 Å². The summed E-state index contributed by atoms with van der Waals surface area (Å²) in [5.74, 6) is 0. The molecule has 0 heterocycles. The van der Waals surface area contributed by atoms with Crippen LogP contribution < -0.4 is 0 Å². The van der Waals surface area contributed by atoms with Gasteiger partial charge in [-0.25, -0.2) is 0 Å². The predicted octanol–water partition coefficient (Wildman–Crippen LogP) is 0.988. The number of hydrogen-bond donors (Lipinski definition) is 0. The fourth-order valence-corrected chi connectivity index (χ4v) is 6.87. The molecule has 0 rings (SSSR count). The minimum Gasteiger partial charge on any atom is -0.431 e. The predicted molar refractivity (Wildman–Crippen MR) is 67.1 cm³/mol. The smallest absolute Gasteiger partial charge is 0.372 e. The number of hydrogen-bond acceptors (Lipinski definition) is 3. The highest BCUT2D eigenvalue weighted by molar-refractivity contribution is 6.92. The molecule has 0 N–H and O–H groups in total. The molecule has 0 aliphatic carbocycles. The third-order valence-electron chi connectivity index (χ3n) is 1.78. The second-order valence-electron chi connectivity index (χ2n) is 2.57. The molecular weight excluding hydrogens is 256 g/mol. The molecule has 78 valence electrons. The van der Waals surface area contributed by atoms with Crippen LogP contribution in [0.15, 0.2) is 49.1 Å². The Morgan fingerprint density at radius 3 is 1.13 bits per heavy atom. The Balaban J connectivity index is 5.07. The van der Waals surface area contributed by atoms with Gasteiger partial charge in [0, 0.05) is 0 Å². The summed E-state index contributed by atoms with van der Waals surface area (Å²) in [6, 6.07) is 0. The standard InChI is InChI=1S/C8H12O3Si4/c1-5-14(6-2,9-12)11-15(7-3,8-4)10-13/h5-8H,1-4H2. The van der Waals surface area contributed by atoms with E-state index >= 15 is 0 Å². The van der Waals surface area contributed by atoms with Gasteiger partial charge in [-0.15, -0.1) is 26.3 Å². The van der Waals surface area contributed by atoms with Crippen molar-refractivity contribution in [2.45, 2.75) is 0 Å². The fourth-order valence-electron chi connectivity index (χ4n) is 0.791. The molecule has 3 nitrogen and oxygen atoms in total. The van der Waals surface area contributed by atoms with Crippen molar-refractivity contribution in [2.24, 2.45) is 0 Å². The lowest BCUT2D eigenvalue weighted by Crippen LogP contribution is -2.51. The molecule has 0 aromatic carbocycles. The minimum absolute atomic E-state index is 1.58. The average Bonchev–Trinajstić information content (AvgIpc) is 2.33. The maximum absolute atomic E-state index is 5.78. The maximum Gasteiger partial charge on any atom is 0.372 e. The molecule has 0 amide bonds. The van der Waals surface area contributed by atoms with E-state index in [1.807, 2.05) is 0 Å². The lowest BCUT2D eigenvalue weighted by atomic mass is 11.2. The molecule has 0 unspecified atom stereocenters. The van der Waals surface area contributed by atoms with Crippen molar-refractivity contribution in [3.8, 4) is 0 Å². The topological polar surface area (TPSA) is 27.7 Å². The molecule has 0 fully saturated rings. The van der Waals surface area contributed by atoms with Gasteiger partial charge in [0.2, 0.25) is 21.0 Å². The van der Waals surface area contributed by atoms with Gasteiger partial charge in [0.15, 0.2) is 0 Å². The lowest BCUT2D eigenvalue weighted by Gasteiger charge is -2.32. The summed E-state index contributed by atoms with van der Waals surface area (Å²) in [5.41, 5.74) is 6.31. The minimum atomic E-state index is -2.71. The average molecular weight is 269 g/mol. The molecule has 0 aromatic rings. The zero-order valence-electron chi connectivity index (χ0n) is 8.36. The molecule has 15 heavy (non-hydrogen) atoms. The summed E-state index contributed by atoms with van der Waals surface area (Å²) < 4.78 is 16.0. The van der Waals surface area contributed by atoms with Gasteiger partial charge in [-0.05, 0) is 22.8 Å². The van der Waals surface area contributed by atoms with Gasteiger partial charge in [0.1, 0.15) is 0 Å². The molecule has 0 aliphatic heterocycles. The first-order valence-corrected chi connectivity index (χ1v) is 8.77. The first-order chi connectivity index (χ1) is 7.07. The van der Waals surface area contributed by atoms with Crippen LogP contribution in [0, 0.1) is 0 Å². The van der Waals surface area contributed by atoms with E-state index in [0.717, 1.165) is 0 Å². The Morgan fingerprint density at radius 2 is 1.00 bits per heavy atom. The van der Waals surface area contributed by atoms with Crippen LogP contribution in [0.25, 0.3) is 0 Å². The van der Waals surface area contributed by atoms with E-state index in [2.05, 4.69) is 47.3 Å². The summed E-state index contributed by atoms with van der Waals surface area (Å²) in [6.07, 6.45) is 0. The third-order valence-corrected chi connectivity index (χ3v) is 9.16. The SMILES string of the molecule is C=C[Si](C=C)(O[Si])O[Si](C=C)(C=C)O[Si]. The van der Waals surface area contributed by atoms with Crippen LogP contribution in [0.2, 0.25) is 0 Å². The van der Waals surface area contributed by atoms with Gasteiger partial charge >= 0.3 is 17.1 Å². The summed E-state index contributed by atoms with van der Waals surface area (Å²) in [4.78, 5) is 0. The molecule has 0 saturated carbocycles. The van der Waals surface area contributed by atoms with Crippen LogP contribution in [0.5, 0.6) is 0 Å². The second-order valence-corrected chi connectivity index (χ2v) is 9.53. The molecule has 6 radical (unpaired) electrons. The van der Waals surface area contributed by atoms with Crippen LogP contribution in [0.4, 0.5) is 0 Å². The van der Waals surface area contributed by atoms with Crippen LogP contribution in [0.3, 0.4) is 0 Å². The van der Waals surface area contributed by atoms with Crippen molar-refractivity contribution in [1.29, 1.82) is 0 Å². The first kappa shape index (κ1) is 14.7. The molecule has 0 atom stereocenters. The van der Waals surface area contributed by atoms with Crippen LogP contribution in [0.1, 0.15) is 0 Å². The first-order valence-electron chi connectivity index (χ1n) is 4.01. The Morgan fingerprint density at radius 1 is 0.733 bits per heavy atom. The van der Waals surface area contributed by atoms with Crippen LogP contribution >= 0.6 is 0 Å². The molecule has 0 aliphatic rings. The Kier molecular flexibility index (Phi) is 6.20. The Bertz CT molecular complexity index is 225. The maximum atomic E-state index is 5.78. The van der Waals surface area contributed by atoms with Crippen LogP contribution in [-0.2, 0) is 12.3 Å². The van der Waals surface area contributed by atoms with E-state index in [1.165, 1.54) is 0 Å². The molecule has 0 saturated heterocycles. The second kappa shape index (κ2) is 6.32. The normalized spacial score (nSPS) is 11.9. The van der Waals surface area contributed by atoms with Gasteiger partial charge < -0.3 is 12.3 Å². The fraction of sp³-hybridized carbons (Fsp3) is 0. The summed E-state index contributed by atoms with van der Waals surface area (Å²) in [5, 5.41) is 0. The highest BCUT2D eigenvalue weighted by atomic mass is 28.5. The Labute approximate surface area is 99.7 Å². The molecular formula is C8H12O3Si4. The monoisotopic (exact) mass is 268 g/mol. The molecule has 0 aromatic heterocycles. The summed E-state index contributed by atoms with van der Waals surface area (Å²) in [6.45, 7) is 14.6. The van der Waals surface area contributed by atoms with Gasteiger partial charge in [-0.2, -0.15) is 0 Å². The van der Waals surface area contributed by atoms with Crippen molar-refractivity contribution < 1.29 is 12.3 Å². The van der Waals surface area contributed by atoms with E-state index < -0.39 is 17.1 Å². The zero-order valence-corrected chi connectivity index (χ0v) is 12.4. The number of rotatable bonds is 8. The summed E-state index contributed by atoms with van der Waals surface area (Å²) >= 11 is 0. The van der Waals surface area contributed by atoms with Gasteiger partial charge in [-0.1, -0.05) is 0 Å². The highest BCUT2D eigenvalue weighted by Gasteiger charge is 2.41. The van der Waals surface area contributed by atoms with Crippen LogP contribution in [-0.4, -0.2) is 38.1 Å². The highest BCUT2D eigenvalue weighted by Crippen LogP contribution is 2.18. The van der Waals surface area contributed by atoms with E-state index in [1.54, 1.807) is 22.8 Å². The van der Waals surface area contributed by atoms with E-state index in [-0.39, 0.29) is 0 Å². The van der Waals surface area contributed by atoms with Crippen molar-refractivity contribution >= 4 is 38.1 Å².